The molecule has 0 aromatic heterocycles. The monoisotopic (exact) mass is 242 g/mol. The van der Waals surface area contributed by atoms with E-state index in [2.05, 4.69) is 0 Å². The number of rotatable bonds is 5. The molecule has 0 radical (unpaired) electrons. The van der Waals surface area contributed by atoms with Crippen molar-refractivity contribution in [2.45, 2.75) is 41.0 Å². The van der Waals surface area contributed by atoms with Gasteiger partial charge in [0.15, 0.2) is 0 Å². The Hall–Kier alpha value is -1.58. The molecule has 0 saturated carbocycles. The van der Waals surface area contributed by atoms with E-state index in [1.165, 1.54) is 6.08 Å². The Labute approximate surface area is 103 Å². The van der Waals surface area contributed by atoms with E-state index in [1.54, 1.807) is 26.8 Å². The maximum absolute atomic E-state index is 11.2. The second kappa shape index (κ2) is 10.9. The highest BCUT2D eigenvalue weighted by Crippen LogP contribution is 2.15. The number of hydrogen-bond acceptors (Lipinski definition) is 3. The summed E-state index contributed by atoms with van der Waals surface area (Å²) < 4.78 is 4.75. The highest BCUT2D eigenvalue weighted by Gasteiger charge is 2.15. The van der Waals surface area contributed by atoms with Gasteiger partial charge in [0.2, 0.25) is 0 Å². The molecule has 0 aliphatic heterocycles. The van der Waals surface area contributed by atoms with E-state index >= 15 is 0 Å². The van der Waals surface area contributed by atoms with Crippen LogP contribution in [0.15, 0.2) is 23.3 Å². The first-order valence-electron chi connectivity index (χ1n) is 5.77. The number of carboxylic acid groups (broad SMARTS) is 1. The van der Waals surface area contributed by atoms with E-state index in [0.29, 0.717) is 12.2 Å². The predicted octanol–water partition coefficient (Wildman–Crippen LogP) is 2.94. The quantitative estimate of drug-likeness (QED) is 0.457. The fourth-order valence-corrected chi connectivity index (χ4v) is 1.17. The molecule has 0 saturated heterocycles. The molecule has 4 heteroatoms. The molecule has 0 aliphatic rings. The lowest BCUT2D eigenvalue weighted by Crippen LogP contribution is -2.10. The number of hydrogen-bond donors (Lipinski definition) is 1. The summed E-state index contributed by atoms with van der Waals surface area (Å²) in [5, 5.41) is 8.86. The number of esters is 1. The molecule has 1 N–H and O–H groups in total. The van der Waals surface area contributed by atoms with Gasteiger partial charge in [-0.15, -0.1) is 0 Å². The summed E-state index contributed by atoms with van der Waals surface area (Å²) in [5.41, 5.74) is 0.619. The minimum atomic E-state index is -1.03. The summed E-state index contributed by atoms with van der Waals surface area (Å²) in [6, 6.07) is 0. The Morgan fingerprint density at radius 2 is 1.71 bits per heavy atom. The van der Waals surface area contributed by atoms with E-state index in [-0.39, 0.29) is 12.0 Å². The first-order chi connectivity index (χ1) is 8.06. The molecule has 0 aromatic carbocycles. The van der Waals surface area contributed by atoms with Crippen LogP contribution in [0.25, 0.3) is 0 Å². The third-order valence-electron chi connectivity index (χ3n) is 1.85. The van der Waals surface area contributed by atoms with Gasteiger partial charge in [0.05, 0.1) is 18.6 Å². The zero-order chi connectivity index (χ0) is 13.8. The second-order valence-electron chi connectivity index (χ2n) is 2.80. The normalized spacial score (nSPS) is 11.4. The molecule has 4 nitrogen and oxygen atoms in total. The van der Waals surface area contributed by atoms with Crippen molar-refractivity contribution in [3.05, 3.63) is 23.3 Å². The molecular weight excluding hydrogens is 220 g/mol. The maximum atomic E-state index is 11.2. The van der Waals surface area contributed by atoms with Crippen molar-refractivity contribution >= 4 is 11.9 Å². The van der Waals surface area contributed by atoms with Gasteiger partial charge < -0.3 is 9.84 Å². The van der Waals surface area contributed by atoms with Crippen molar-refractivity contribution in [3.8, 4) is 0 Å². The average Bonchev–Trinajstić information content (AvgIpc) is 2.31. The predicted molar refractivity (Wildman–Crippen MR) is 67.7 cm³/mol. The van der Waals surface area contributed by atoms with Crippen LogP contribution in [0.5, 0.6) is 0 Å². The zero-order valence-electron chi connectivity index (χ0n) is 11.2. The molecule has 98 valence electrons. The standard InChI is InChI=1S/C11H16O4.C2H6/c1-4-8(7-10(12)15-6-3)9(5-2)11(13)14;1-2/h4-5H,6-7H2,1-3H3,(H,13,14);1-2H3/b8-4-,9-5+;. The SMILES string of the molecule is C/C=C(CC(=O)OCC)\C(=C/C)C(=O)O.CC. The van der Waals surface area contributed by atoms with Crippen molar-refractivity contribution < 1.29 is 19.4 Å². The first-order valence-corrected chi connectivity index (χ1v) is 5.77. The minimum absolute atomic E-state index is 0.00366. The van der Waals surface area contributed by atoms with E-state index < -0.39 is 11.9 Å². The van der Waals surface area contributed by atoms with E-state index in [0.717, 1.165) is 0 Å². The van der Waals surface area contributed by atoms with Crippen LogP contribution in [0.2, 0.25) is 0 Å². The highest BCUT2D eigenvalue weighted by atomic mass is 16.5. The molecule has 0 amide bonds. The number of allylic oxidation sites excluding steroid dienone is 2. The number of aliphatic carboxylic acids is 1. The van der Waals surface area contributed by atoms with Gasteiger partial charge >= 0.3 is 11.9 Å². The highest BCUT2D eigenvalue weighted by molar-refractivity contribution is 5.93. The fourth-order valence-electron chi connectivity index (χ4n) is 1.17. The van der Waals surface area contributed by atoms with Crippen LogP contribution in [0.4, 0.5) is 0 Å². The minimum Gasteiger partial charge on any atom is -0.478 e. The van der Waals surface area contributed by atoms with Gasteiger partial charge in [-0.05, 0) is 26.3 Å². The topological polar surface area (TPSA) is 63.6 Å². The van der Waals surface area contributed by atoms with Crippen LogP contribution in [0.3, 0.4) is 0 Å². The molecular formula is C13H22O4. The van der Waals surface area contributed by atoms with Gasteiger partial charge in [-0.3, -0.25) is 4.79 Å². The number of ether oxygens (including phenoxy) is 1. The molecule has 0 heterocycles. The number of carboxylic acids is 1. The molecule has 0 unspecified atom stereocenters. The van der Waals surface area contributed by atoms with Crippen LogP contribution in [0, 0.1) is 0 Å². The lowest BCUT2D eigenvalue weighted by molar-refractivity contribution is -0.142. The van der Waals surface area contributed by atoms with Gasteiger partial charge in [0.1, 0.15) is 0 Å². The summed E-state index contributed by atoms with van der Waals surface area (Å²) in [4.78, 5) is 22.0. The van der Waals surface area contributed by atoms with Crippen molar-refractivity contribution in [1.82, 2.24) is 0 Å². The maximum Gasteiger partial charge on any atom is 0.335 e. The van der Waals surface area contributed by atoms with Crippen molar-refractivity contribution in [2.75, 3.05) is 6.61 Å². The second-order valence-corrected chi connectivity index (χ2v) is 2.80. The van der Waals surface area contributed by atoms with Gasteiger partial charge in [-0.2, -0.15) is 0 Å². The molecule has 17 heavy (non-hydrogen) atoms. The smallest absolute Gasteiger partial charge is 0.335 e. The van der Waals surface area contributed by atoms with E-state index in [4.69, 9.17) is 9.84 Å². The molecule has 0 fully saturated rings. The molecule has 0 aromatic rings. The molecule has 0 atom stereocenters. The zero-order valence-corrected chi connectivity index (χ0v) is 11.2. The summed E-state index contributed by atoms with van der Waals surface area (Å²) in [6.45, 7) is 9.33. The lowest BCUT2D eigenvalue weighted by atomic mass is 10.0. The first kappa shape index (κ1) is 17.8. The molecule has 0 bridgehead atoms. The molecule has 0 spiro atoms. The molecule has 0 rings (SSSR count). The number of carbonyl (C=O) groups is 2. The Kier molecular flexibility index (Phi) is 11.4. The average molecular weight is 242 g/mol. The summed E-state index contributed by atoms with van der Waals surface area (Å²) in [5.74, 6) is -1.44. The van der Waals surface area contributed by atoms with Crippen LogP contribution in [-0.2, 0) is 14.3 Å². The Morgan fingerprint density at radius 3 is 2.00 bits per heavy atom. The Balaban J connectivity index is 0. The Bertz CT molecular complexity index is 301. The van der Waals surface area contributed by atoms with E-state index in [1.807, 2.05) is 13.8 Å². The number of carbonyl (C=O) groups excluding carboxylic acids is 1. The summed E-state index contributed by atoms with van der Waals surface area (Å²) in [7, 11) is 0. The van der Waals surface area contributed by atoms with Crippen LogP contribution in [0.1, 0.15) is 41.0 Å². The summed E-state index contributed by atoms with van der Waals surface area (Å²) in [6.07, 6.45) is 3.08. The lowest BCUT2D eigenvalue weighted by Gasteiger charge is -2.07. The van der Waals surface area contributed by atoms with Crippen LogP contribution >= 0.6 is 0 Å². The van der Waals surface area contributed by atoms with Crippen molar-refractivity contribution in [3.63, 3.8) is 0 Å². The third kappa shape index (κ3) is 7.33. The van der Waals surface area contributed by atoms with Gasteiger partial charge in [-0.1, -0.05) is 26.0 Å². The van der Waals surface area contributed by atoms with Gasteiger partial charge in [0, 0.05) is 0 Å². The fraction of sp³-hybridized carbons (Fsp3) is 0.538. The van der Waals surface area contributed by atoms with Gasteiger partial charge in [0.25, 0.3) is 0 Å². The molecule has 0 aliphatic carbocycles. The Morgan fingerprint density at radius 1 is 1.18 bits per heavy atom. The van der Waals surface area contributed by atoms with Crippen molar-refractivity contribution in [2.24, 2.45) is 0 Å². The van der Waals surface area contributed by atoms with Gasteiger partial charge in [-0.25, -0.2) is 4.79 Å². The van der Waals surface area contributed by atoms with Crippen LogP contribution < -0.4 is 0 Å². The van der Waals surface area contributed by atoms with Crippen molar-refractivity contribution in [1.29, 1.82) is 0 Å². The van der Waals surface area contributed by atoms with Crippen LogP contribution in [-0.4, -0.2) is 23.7 Å². The largest absolute Gasteiger partial charge is 0.478 e. The van der Waals surface area contributed by atoms with E-state index in [9.17, 15) is 9.59 Å². The third-order valence-corrected chi connectivity index (χ3v) is 1.85. The summed E-state index contributed by atoms with van der Waals surface area (Å²) >= 11 is 0.